The first-order chi connectivity index (χ1) is 13.4. The highest BCUT2D eigenvalue weighted by molar-refractivity contribution is 7.89. The largest absolute Gasteiger partial charge is 0.326 e. The van der Waals surface area contributed by atoms with Gasteiger partial charge in [0.2, 0.25) is 15.9 Å². The number of amides is 1. The molecule has 0 radical (unpaired) electrons. The second kappa shape index (κ2) is 7.95. The molecule has 2 saturated carbocycles. The summed E-state index contributed by atoms with van der Waals surface area (Å²) in [7, 11) is -3.53. The first-order valence-corrected chi connectivity index (χ1v) is 11.8. The Hall–Kier alpha value is -1.73. The highest BCUT2D eigenvalue weighted by Crippen LogP contribution is 2.40. The van der Waals surface area contributed by atoms with Gasteiger partial charge in [-0.1, -0.05) is 18.9 Å². The lowest BCUT2D eigenvalue weighted by Crippen LogP contribution is -2.40. The zero-order valence-corrected chi connectivity index (χ0v) is 16.9. The molecule has 4 rings (SSSR count). The highest BCUT2D eigenvalue weighted by Gasteiger charge is 2.41. The Bertz CT molecular complexity index is 845. The van der Waals surface area contributed by atoms with E-state index in [4.69, 9.17) is 0 Å². The van der Waals surface area contributed by atoms with E-state index >= 15 is 0 Å². The molecule has 2 atom stereocenters. The molecule has 6 nitrogen and oxygen atoms in total. The van der Waals surface area contributed by atoms with E-state index in [9.17, 15) is 18.0 Å². The molecule has 1 N–H and O–H groups in total. The van der Waals surface area contributed by atoms with Crippen molar-refractivity contribution >= 4 is 27.4 Å². The van der Waals surface area contributed by atoms with Crippen LogP contribution in [0, 0.1) is 17.8 Å². The number of ketones is 1. The summed E-state index contributed by atoms with van der Waals surface area (Å²) >= 11 is 0. The number of rotatable bonds is 4. The molecule has 2 aliphatic carbocycles. The van der Waals surface area contributed by atoms with Crippen molar-refractivity contribution in [2.75, 3.05) is 18.4 Å². The predicted molar refractivity (Wildman–Crippen MR) is 106 cm³/mol. The molecule has 3 fully saturated rings. The van der Waals surface area contributed by atoms with Crippen molar-refractivity contribution in [2.45, 2.75) is 56.3 Å². The summed E-state index contributed by atoms with van der Waals surface area (Å²) in [6.45, 7) is 1.11. The summed E-state index contributed by atoms with van der Waals surface area (Å²) in [5.41, 5.74) is 0.505. The van der Waals surface area contributed by atoms with Crippen LogP contribution in [0.2, 0.25) is 0 Å². The molecule has 0 unspecified atom stereocenters. The number of hydrogen-bond donors (Lipinski definition) is 1. The lowest BCUT2D eigenvalue weighted by molar-refractivity contribution is -0.136. The molecule has 1 saturated heterocycles. The highest BCUT2D eigenvalue weighted by atomic mass is 32.2. The van der Waals surface area contributed by atoms with E-state index in [1.807, 2.05) is 0 Å². The Balaban J connectivity index is 1.46. The lowest BCUT2D eigenvalue weighted by atomic mass is 9.67. The Morgan fingerprint density at radius 2 is 1.68 bits per heavy atom. The van der Waals surface area contributed by atoms with Gasteiger partial charge in [-0.2, -0.15) is 4.31 Å². The SMILES string of the molecule is O=C(Nc1cccc(S(=O)(=O)N2CCCCC2)c1)C1C[C@@H]2CCC[C@@H](C1)C2=O. The quantitative estimate of drug-likeness (QED) is 0.835. The molecule has 7 heteroatoms. The zero-order valence-electron chi connectivity index (χ0n) is 16.1. The Labute approximate surface area is 166 Å². The molecule has 152 valence electrons. The van der Waals surface area contributed by atoms with Gasteiger partial charge in [-0.3, -0.25) is 9.59 Å². The van der Waals surface area contributed by atoms with Gasteiger partial charge in [0.25, 0.3) is 0 Å². The Morgan fingerprint density at radius 1 is 1.00 bits per heavy atom. The number of hydrogen-bond acceptors (Lipinski definition) is 4. The van der Waals surface area contributed by atoms with Crippen LogP contribution in [-0.2, 0) is 19.6 Å². The third-order valence-electron chi connectivity index (χ3n) is 6.47. The van der Waals surface area contributed by atoms with E-state index in [-0.39, 0.29) is 28.6 Å². The second-order valence-corrected chi connectivity index (χ2v) is 10.3. The maximum absolute atomic E-state index is 12.9. The molecule has 0 spiro atoms. The van der Waals surface area contributed by atoms with Crippen molar-refractivity contribution in [1.29, 1.82) is 0 Å². The van der Waals surface area contributed by atoms with E-state index in [0.29, 0.717) is 37.4 Å². The van der Waals surface area contributed by atoms with Crippen LogP contribution in [0.25, 0.3) is 0 Å². The molecular weight excluding hydrogens is 376 g/mol. The smallest absolute Gasteiger partial charge is 0.243 e. The first kappa shape index (κ1) is 19.6. The van der Waals surface area contributed by atoms with Crippen molar-refractivity contribution in [1.82, 2.24) is 4.31 Å². The van der Waals surface area contributed by atoms with Gasteiger partial charge in [0, 0.05) is 36.5 Å². The van der Waals surface area contributed by atoms with Crippen LogP contribution in [-0.4, -0.2) is 37.5 Å². The van der Waals surface area contributed by atoms with Crippen molar-refractivity contribution < 1.29 is 18.0 Å². The van der Waals surface area contributed by atoms with E-state index in [1.165, 1.54) is 4.31 Å². The van der Waals surface area contributed by atoms with Gasteiger partial charge >= 0.3 is 0 Å². The van der Waals surface area contributed by atoms with Gasteiger partial charge in [0.1, 0.15) is 5.78 Å². The summed E-state index contributed by atoms with van der Waals surface area (Å²) in [4.78, 5) is 25.2. The molecule has 2 bridgehead atoms. The van der Waals surface area contributed by atoms with Crippen LogP contribution in [0.1, 0.15) is 51.4 Å². The molecule has 1 aromatic carbocycles. The summed E-state index contributed by atoms with van der Waals surface area (Å²) in [5, 5.41) is 2.90. The van der Waals surface area contributed by atoms with Gasteiger partial charge in [0.15, 0.2) is 0 Å². The number of benzene rings is 1. The van der Waals surface area contributed by atoms with Crippen LogP contribution in [0.5, 0.6) is 0 Å². The van der Waals surface area contributed by atoms with Crippen LogP contribution in [0.3, 0.4) is 0 Å². The van der Waals surface area contributed by atoms with Crippen LogP contribution in [0.4, 0.5) is 5.69 Å². The molecule has 3 aliphatic rings. The number of sulfonamides is 1. The standard InChI is InChI=1S/C21H28N2O4S/c24-20-15-6-4-7-16(20)13-17(12-15)21(25)22-18-8-5-9-19(14-18)28(26,27)23-10-2-1-3-11-23/h5,8-9,14-17H,1-4,6-7,10-13H2,(H,22,25)/t15-,16-/m0/s1. The normalized spacial score (nSPS) is 28.7. The number of nitrogens with one attached hydrogen (secondary N) is 1. The zero-order chi connectivity index (χ0) is 19.7. The van der Waals surface area contributed by atoms with Gasteiger partial charge in [-0.05, 0) is 56.7 Å². The first-order valence-electron chi connectivity index (χ1n) is 10.4. The van der Waals surface area contributed by atoms with Gasteiger partial charge in [-0.25, -0.2) is 8.42 Å². The van der Waals surface area contributed by atoms with E-state index in [2.05, 4.69) is 5.32 Å². The Morgan fingerprint density at radius 3 is 2.36 bits per heavy atom. The summed E-state index contributed by atoms with van der Waals surface area (Å²) < 4.78 is 27.3. The van der Waals surface area contributed by atoms with E-state index in [0.717, 1.165) is 38.5 Å². The van der Waals surface area contributed by atoms with E-state index in [1.54, 1.807) is 24.3 Å². The predicted octanol–water partition coefficient (Wildman–Crippen LogP) is 3.20. The average Bonchev–Trinajstić information content (AvgIpc) is 2.68. The van der Waals surface area contributed by atoms with Gasteiger partial charge in [-0.15, -0.1) is 0 Å². The fourth-order valence-corrected chi connectivity index (χ4v) is 6.49. The second-order valence-electron chi connectivity index (χ2n) is 8.38. The maximum Gasteiger partial charge on any atom is 0.243 e. The third kappa shape index (κ3) is 3.87. The number of Topliss-reactive ketones (excluding diaryl/α,β-unsaturated/α-hetero) is 1. The minimum Gasteiger partial charge on any atom is -0.326 e. The molecule has 1 heterocycles. The molecule has 1 amide bonds. The summed E-state index contributed by atoms with van der Waals surface area (Å²) in [6, 6.07) is 6.54. The Kier molecular flexibility index (Phi) is 5.56. The number of fused-ring (bicyclic) bond motifs is 2. The lowest BCUT2D eigenvalue weighted by Gasteiger charge is -2.36. The number of carbonyl (C=O) groups is 2. The number of carbonyl (C=O) groups excluding carboxylic acids is 2. The molecule has 1 aliphatic heterocycles. The van der Waals surface area contributed by atoms with E-state index < -0.39 is 10.0 Å². The van der Waals surface area contributed by atoms with Crippen LogP contribution < -0.4 is 5.32 Å². The molecule has 1 aromatic rings. The number of anilines is 1. The van der Waals surface area contributed by atoms with Crippen LogP contribution >= 0.6 is 0 Å². The van der Waals surface area contributed by atoms with Crippen molar-refractivity contribution in [3.8, 4) is 0 Å². The van der Waals surface area contributed by atoms with Gasteiger partial charge in [0.05, 0.1) is 4.90 Å². The summed E-state index contributed by atoms with van der Waals surface area (Å²) in [6.07, 6.45) is 6.93. The van der Waals surface area contributed by atoms with Crippen molar-refractivity contribution in [3.63, 3.8) is 0 Å². The number of nitrogens with zero attached hydrogens (tertiary/aromatic N) is 1. The summed E-state index contributed by atoms with van der Waals surface area (Å²) in [5.74, 6) is 0.111. The maximum atomic E-state index is 12.9. The fraction of sp³-hybridized carbons (Fsp3) is 0.619. The monoisotopic (exact) mass is 404 g/mol. The van der Waals surface area contributed by atoms with Crippen LogP contribution in [0.15, 0.2) is 29.2 Å². The minimum absolute atomic E-state index is 0.0223. The topological polar surface area (TPSA) is 83.6 Å². The third-order valence-corrected chi connectivity index (χ3v) is 8.37. The van der Waals surface area contributed by atoms with Crippen molar-refractivity contribution in [3.05, 3.63) is 24.3 Å². The average molecular weight is 405 g/mol. The molecule has 28 heavy (non-hydrogen) atoms. The van der Waals surface area contributed by atoms with Gasteiger partial charge < -0.3 is 5.32 Å². The fourth-order valence-electron chi connectivity index (χ4n) is 4.93. The minimum atomic E-state index is -3.53. The molecule has 0 aromatic heterocycles. The molecular formula is C21H28N2O4S. The number of piperidine rings is 1. The van der Waals surface area contributed by atoms with Crippen molar-refractivity contribution in [2.24, 2.45) is 17.8 Å².